The standard InChI is InChI=1S/C21H19BrN2O3S/c1-14-6-3-4-9-19(14)23-21(25)16-11-10-15(2)20(12-16)28(26,27)24-18-8-5-7-17(22)13-18/h3-13,24H,1-2H3,(H,23,25). The lowest BCUT2D eigenvalue weighted by molar-refractivity contribution is 0.102. The van der Waals surface area contributed by atoms with Crippen LogP contribution in [0.5, 0.6) is 0 Å². The van der Waals surface area contributed by atoms with Gasteiger partial charge < -0.3 is 5.32 Å². The van der Waals surface area contributed by atoms with Crippen molar-refractivity contribution in [2.45, 2.75) is 18.7 Å². The molecule has 7 heteroatoms. The predicted molar refractivity (Wildman–Crippen MR) is 115 cm³/mol. The van der Waals surface area contributed by atoms with E-state index in [1.54, 1.807) is 49.4 Å². The highest BCUT2D eigenvalue weighted by atomic mass is 79.9. The number of amides is 1. The molecule has 3 rings (SSSR count). The Hall–Kier alpha value is -2.64. The van der Waals surface area contributed by atoms with Gasteiger partial charge in [-0.1, -0.05) is 46.3 Å². The minimum absolute atomic E-state index is 0.0601. The number of carbonyl (C=O) groups is 1. The molecule has 1 amide bonds. The fourth-order valence-corrected chi connectivity index (χ4v) is 4.42. The van der Waals surface area contributed by atoms with Crippen LogP contribution in [-0.4, -0.2) is 14.3 Å². The molecule has 0 aliphatic carbocycles. The molecule has 0 bridgehead atoms. The molecule has 0 aliphatic rings. The lowest BCUT2D eigenvalue weighted by Crippen LogP contribution is -2.17. The van der Waals surface area contributed by atoms with Gasteiger partial charge in [0.25, 0.3) is 15.9 Å². The van der Waals surface area contributed by atoms with Crippen LogP contribution in [0.3, 0.4) is 0 Å². The summed E-state index contributed by atoms with van der Waals surface area (Å²) < 4.78 is 29.0. The van der Waals surface area contributed by atoms with E-state index in [1.165, 1.54) is 6.07 Å². The number of hydrogen-bond donors (Lipinski definition) is 2. The van der Waals surface area contributed by atoms with Crippen molar-refractivity contribution in [3.63, 3.8) is 0 Å². The lowest BCUT2D eigenvalue weighted by atomic mass is 10.1. The molecule has 0 heterocycles. The molecular weight excluding hydrogens is 440 g/mol. The number of carbonyl (C=O) groups excluding carboxylic acids is 1. The fourth-order valence-electron chi connectivity index (χ4n) is 2.70. The summed E-state index contributed by atoms with van der Waals surface area (Å²) >= 11 is 3.32. The molecule has 0 unspecified atom stereocenters. The largest absolute Gasteiger partial charge is 0.322 e. The minimum Gasteiger partial charge on any atom is -0.322 e. The zero-order valence-corrected chi connectivity index (χ0v) is 17.8. The summed E-state index contributed by atoms with van der Waals surface area (Å²) in [5, 5.41) is 2.82. The van der Waals surface area contributed by atoms with E-state index >= 15 is 0 Å². The van der Waals surface area contributed by atoms with Crippen LogP contribution >= 0.6 is 15.9 Å². The van der Waals surface area contributed by atoms with Crippen LogP contribution in [0.4, 0.5) is 11.4 Å². The van der Waals surface area contributed by atoms with Crippen molar-refractivity contribution < 1.29 is 13.2 Å². The first kappa shape index (κ1) is 20.1. The molecule has 28 heavy (non-hydrogen) atoms. The van der Waals surface area contributed by atoms with Crippen LogP contribution in [0.2, 0.25) is 0 Å². The summed E-state index contributed by atoms with van der Waals surface area (Å²) in [6.07, 6.45) is 0. The lowest BCUT2D eigenvalue weighted by Gasteiger charge is -2.13. The summed E-state index contributed by atoms with van der Waals surface area (Å²) in [4.78, 5) is 12.7. The van der Waals surface area contributed by atoms with E-state index in [9.17, 15) is 13.2 Å². The molecule has 0 aliphatic heterocycles. The van der Waals surface area contributed by atoms with E-state index in [4.69, 9.17) is 0 Å². The molecule has 0 saturated heterocycles. The fraction of sp³-hybridized carbons (Fsp3) is 0.0952. The Balaban J connectivity index is 1.90. The summed E-state index contributed by atoms with van der Waals surface area (Å²) in [5.74, 6) is -0.367. The average molecular weight is 459 g/mol. The molecule has 0 fully saturated rings. The maximum atomic E-state index is 12.9. The third-order valence-corrected chi connectivity index (χ3v) is 6.23. The van der Waals surface area contributed by atoms with Gasteiger partial charge in [0.15, 0.2) is 0 Å². The Bertz CT molecular complexity index is 1140. The molecule has 5 nitrogen and oxygen atoms in total. The van der Waals surface area contributed by atoms with E-state index in [0.29, 0.717) is 16.9 Å². The van der Waals surface area contributed by atoms with Gasteiger partial charge in [0.1, 0.15) is 0 Å². The van der Waals surface area contributed by atoms with Gasteiger partial charge in [0.05, 0.1) is 4.90 Å². The molecule has 144 valence electrons. The highest BCUT2D eigenvalue weighted by Gasteiger charge is 2.20. The van der Waals surface area contributed by atoms with E-state index in [2.05, 4.69) is 26.0 Å². The van der Waals surface area contributed by atoms with Gasteiger partial charge in [0.2, 0.25) is 0 Å². The quantitative estimate of drug-likeness (QED) is 0.556. The van der Waals surface area contributed by atoms with E-state index in [1.807, 2.05) is 25.1 Å². The number of benzene rings is 3. The van der Waals surface area contributed by atoms with Crippen LogP contribution in [0.15, 0.2) is 76.1 Å². The van der Waals surface area contributed by atoms with Gasteiger partial charge in [-0.2, -0.15) is 0 Å². The molecule has 0 radical (unpaired) electrons. The molecule has 0 spiro atoms. The number of anilines is 2. The SMILES string of the molecule is Cc1ccccc1NC(=O)c1ccc(C)c(S(=O)(=O)Nc2cccc(Br)c2)c1. The zero-order chi connectivity index (χ0) is 20.3. The number of nitrogens with one attached hydrogen (secondary N) is 2. The Kier molecular flexibility index (Phi) is 5.86. The van der Waals surface area contributed by atoms with Crippen LogP contribution in [0, 0.1) is 13.8 Å². The summed E-state index contributed by atoms with van der Waals surface area (Å²) in [5.41, 5.74) is 2.86. The maximum absolute atomic E-state index is 12.9. The average Bonchev–Trinajstić information content (AvgIpc) is 2.63. The van der Waals surface area contributed by atoms with Gasteiger partial charge in [-0.3, -0.25) is 9.52 Å². The highest BCUT2D eigenvalue weighted by molar-refractivity contribution is 9.10. The first-order valence-corrected chi connectivity index (χ1v) is 10.8. The molecule has 0 saturated carbocycles. The first-order valence-electron chi connectivity index (χ1n) is 8.52. The van der Waals surface area contributed by atoms with Crippen molar-refractivity contribution in [2.24, 2.45) is 0 Å². The third-order valence-electron chi connectivity index (χ3n) is 4.21. The van der Waals surface area contributed by atoms with Gasteiger partial charge in [-0.25, -0.2) is 8.42 Å². The third kappa shape index (κ3) is 4.61. The highest BCUT2D eigenvalue weighted by Crippen LogP contribution is 2.23. The van der Waals surface area contributed by atoms with Crippen LogP contribution < -0.4 is 10.0 Å². The molecular formula is C21H19BrN2O3S. The van der Waals surface area contributed by atoms with Crippen molar-refractivity contribution >= 4 is 43.2 Å². The number of hydrogen-bond acceptors (Lipinski definition) is 3. The van der Waals surface area contributed by atoms with Crippen LogP contribution in [0.25, 0.3) is 0 Å². The second kappa shape index (κ2) is 8.16. The van der Waals surface area contributed by atoms with E-state index in [0.717, 1.165) is 10.0 Å². The van der Waals surface area contributed by atoms with Gasteiger partial charge in [-0.15, -0.1) is 0 Å². The van der Waals surface area contributed by atoms with Crippen molar-refractivity contribution in [1.29, 1.82) is 0 Å². The number of para-hydroxylation sites is 1. The molecule has 0 atom stereocenters. The molecule has 2 N–H and O–H groups in total. The van der Waals surface area contributed by atoms with Crippen molar-refractivity contribution in [1.82, 2.24) is 0 Å². The van der Waals surface area contributed by atoms with Gasteiger partial charge in [-0.05, 0) is 61.4 Å². The van der Waals surface area contributed by atoms with Gasteiger partial charge >= 0.3 is 0 Å². The molecule has 0 aromatic heterocycles. The maximum Gasteiger partial charge on any atom is 0.262 e. The summed E-state index contributed by atoms with van der Waals surface area (Å²) in [7, 11) is -3.85. The number of sulfonamides is 1. The van der Waals surface area contributed by atoms with Crippen molar-refractivity contribution in [3.8, 4) is 0 Å². The van der Waals surface area contributed by atoms with Gasteiger partial charge in [0, 0.05) is 21.4 Å². The number of rotatable bonds is 5. The van der Waals surface area contributed by atoms with Crippen LogP contribution in [-0.2, 0) is 10.0 Å². The topological polar surface area (TPSA) is 75.3 Å². The Morgan fingerprint density at radius 3 is 2.36 bits per heavy atom. The van der Waals surface area contributed by atoms with E-state index < -0.39 is 10.0 Å². The van der Waals surface area contributed by atoms with Crippen molar-refractivity contribution in [2.75, 3.05) is 10.0 Å². The smallest absolute Gasteiger partial charge is 0.262 e. The molecule has 3 aromatic rings. The number of aryl methyl sites for hydroxylation is 2. The minimum atomic E-state index is -3.85. The normalized spacial score (nSPS) is 11.1. The Morgan fingerprint density at radius 1 is 0.893 bits per heavy atom. The summed E-state index contributed by atoms with van der Waals surface area (Å²) in [6, 6.07) is 18.9. The first-order chi connectivity index (χ1) is 13.3. The summed E-state index contributed by atoms with van der Waals surface area (Å²) in [6.45, 7) is 3.58. The predicted octanol–water partition coefficient (Wildman–Crippen LogP) is 5.12. The number of halogens is 1. The molecule has 3 aromatic carbocycles. The Labute approximate surface area is 173 Å². The monoisotopic (exact) mass is 458 g/mol. The van der Waals surface area contributed by atoms with Crippen molar-refractivity contribution in [3.05, 3.63) is 87.9 Å². The van der Waals surface area contributed by atoms with Crippen LogP contribution in [0.1, 0.15) is 21.5 Å². The second-order valence-corrected chi connectivity index (χ2v) is 8.93. The van der Waals surface area contributed by atoms with E-state index in [-0.39, 0.29) is 16.4 Å². The zero-order valence-electron chi connectivity index (χ0n) is 15.4. The Morgan fingerprint density at radius 2 is 1.64 bits per heavy atom. The second-order valence-electron chi connectivity index (χ2n) is 6.37.